The Hall–Kier alpha value is -0.560. The molecule has 14 heavy (non-hydrogen) atoms. The molecule has 1 nitrogen and oxygen atoms in total. The third-order valence-corrected chi connectivity index (χ3v) is 4.07. The standard InChI is InChI=1S/C13H21N/c1-13(10-6-5-9-12(13)14)11-7-3-2-4-8-11/h2-3,6,10-12H,4-5,7-9,14H2,1H3. The first-order valence-corrected chi connectivity index (χ1v) is 5.82. The second-order valence-electron chi connectivity index (χ2n) is 4.93. The third kappa shape index (κ3) is 1.66. The highest BCUT2D eigenvalue weighted by atomic mass is 14.7. The summed E-state index contributed by atoms with van der Waals surface area (Å²) in [6.45, 7) is 2.34. The van der Waals surface area contributed by atoms with Crippen LogP contribution in [0.25, 0.3) is 0 Å². The van der Waals surface area contributed by atoms with Crippen LogP contribution in [0.5, 0.6) is 0 Å². The highest BCUT2D eigenvalue weighted by molar-refractivity contribution is 5.12. The van der Waals surface area contributed by atoms with Crippen molar-refractivity contribution in [2.24, 2.45) is 17.1 Å². The Bertz CT molecular complexity index is 254. The Kier molecular flexibility index (Phi) is 2.78. The lowest BCUT2D eigenvalue weighted by Crippen LogP contribution is -2.45. The summed E-state index contributed by atoms with van der Waals surface area (Å²) in [5.41, 5.74) is 6.52. The molecule has 0 heterocycles. The van der Waals surface area contributed by atoms with Crippen LogP contribution in [0.1, 0.15) is 39.0 Å². The maximum Gasteiger partial charge on any atom is 0.0133 e. The van der Waals surface area contributed by atoms with E-state index in [1.54, 1.807) is 0 Å². The van der Waals surface area contributed by atoms with E-state index in [9.17, 15) is 0 Å². The molecule has 2 aliphatic rings. The highest BCUT2D eigenvalue weighted by Crippen LogP contribution is 2.42. The van der Waals surface area contributed by atoms with Crippen LogP contribution in [0.2, 0.25) is 0 Å². The molecule has 0 bridgehead atoms. The summed E-state index contributed by atoms with van der Waals surface area (Å²) >= 11 is 0. The summed E-state index contributed by atoms with van der Waals surface area (Å²) < 4.78 is 0. The zero-order chi connectivity index (χ0) is 10.0. The SMILES string of the molecule is CC1(C2CC=CCC2)C=CCCC1N. The van der Waals surface area contributed by atoms with Gasteiger partial charge in [0.25, 0.3) is 0 Å². The van der Waals surface area contributed by atoms with E-state index in [0.29, 0.717) is 6.04 Å². The van der Waals surface area contributed by atoms with Gasteiger partial charge in [-0.2, -0.15) is 0 Å². The molecule has 0 amide bonds. The molecule has 2 aliphatic carbocycles. The summed E-state index contributed by atoms with van der Waals surface area (Å²) in [6, 6.07) is 0.365. The molecule has 0 aromatic heterocycles. The van der Waals surface area contributed by atoms with E-state index in [-0.39, 0.29) is 5.41 Å². The Morgan fingerprint density at radius 1 is 1.14 bits per heavy atom. The molecular weight excluding hydrogens is 170 g/mol. The largest absolute Gasteiger partial charge is 0.327 e. The molecular formula is C13H21N. The first-order valence-electron chi connectivity index (χ1n) is 5.82. The van der Waals surface area contributed by atoms with Gasteiger partial charge >= 0.3 is 0 Å². The molecule has 0 radical (unpaired) electrons. The van der Waals surface area contributed by atoms with Crippen molar-refractivity contribution in [3.8, 4) is 0 Å². The number of rotatable bonds is 1. The first kappa shape index (κ1) is 9.97. The summed E-state index contributed by atoms with van der Waals surface area (Å²) in [6.07, 6.45) is 15.4. The van der Waals surface area contributed by atoms with Gasteiger partial charge in [0.1, 0.15) is 0 Å². The lowest BCUT2D eigenvalue weighted by molar-refractivity contribution is 0.176. The molecule has 0 saturated heterocycles. The fraction of sp³-hybridized carbons (Fsp3) is 0.692. The van der Waals surface area contributed by atoms with Gasteiger partial charge < -0.3 is 5.73 Å². The molecule has 1 heteroatoms. The van der Waals surface area contributed by atoms with Gasteiger partial charge in [-0.05, 0) is 38.0 Å². The van der Waals surface area contributed by atoms with Crippen LogP contribution in [0.15, 0.2) is 24.3 Å². The van der Waals surface area contributed by atoms with E-state index in [2.05, 4.69) is 31.2 Å². The summed E-state index contributed by atoms with van der Waals surface area (Å²) in [4.78, 5) is 0. The second-order valence-corrected chi connectivity index (χ2v) is 4.93. The minimum absolute atomic E-state index is 0.253. The fourth-order valence-electron chi connectivity index (χ4n) is 2.85. The number of allylic oxidation sites excluding steroid dienone is 3. The minimum atomic E-state index is 0.253. The molecule has 0 aromatic carbocycles. The van der Waals surface area contributed by atoms with E-state index >= 15 is 0 Å². The lowest BCUT2D eigenvalue weighted by Gasteiger charge is -2.43. The van der Waals surface area contributed by atoms with E-state index in [0.717, 1.165) is 12.3 Å². The van der Waals surface area contributed by atoms with Crippen molar-refractivity contribution in [2.45, 2.75) is 45.1 Å². The first-order chi connectivity index (χ1) is 6.73. The van der Waals surface area contributed by atoms with E-state index in [1.165, 1.54) is 25.7 Å². The Labute approximate surface area is 87.1 Å². The van der Waals surface area contributed by atoms with Gasteiger partial charge in [-0.1, -0.05) is 31.2 Å². The van der Waals surface area contributed by atoms with E-state index in [4.69, 9.17) is 5.73 Å². The topological polar surface area (TPSA) is 26.0 Å². The van der Waals surface area contributed by atoms with Crippen molar-refractivity contribution in [1.82, 2.24) is 0 Å². The maximum absolute atomic E-state index is 6.27. The molecule has 3 atom stereocenters. The molecule has 2 N–H and O–H groups in total. The molecule has 0 aromatic rings. The van der Waals surface area contributed by atoms with Crippen molar-refractivity contribution in [3.63, 3.8) is 0 Å². The molecule has 3 unspecified atom stereocenters. The van der Waals surface area contributed by atoms with Gasteiger partial charge in [0.2, 0.25) is 0 Å². The molecule has 0 saturated carbocycles. The molecule has 78 valence electrons. The van der Waals surface area contributed by atoms with Crippen LogP contribution >= 0.6 is 0 Å². The monoisotopic (exact) mass is 191 g/mol. The van der Waals surface area contributed by atoms with Gasteiger partial charge in [-0.25, -0.2) is 0 Å². The Balaban J connectivity index is 2.16. The van der Waals surface area contributed by atoms with Crippen LogP contribution in [-0.2, 0) is 0 Å². The van der Waals surface area contributed by atoms with Crippen LogP contribution in [0, 0.1) is 11.3 Å². The van der Waals surface area contributed by atoms with Crippen molar-refractivity contribution in [1.29, 1.82) is 0 Å². The van der Waals surface area contributed by atoms with E-state index < -0.39 is 0 Å². The zero-order valence-electron chi connectivity index (χ0n) is 9.08. The molecule has 0 spiro atoms. The molecule has 0 aliphatic heterocycles. The van der Waals surface area contributed by atoms with Gasteiger partial charge in [0, 0.05) is 11.5 Å². The van der Waals surface area contributed by atoms with Gasteiger partial charge in [0.15, 0.2) is 0 Å². The summed E-state index contributed by atoms with van der Waals surface area (Å²) in [5.74, 6) is 0.763. The van der Waals surface area contributed by atoms with Crippen molar-refractivity contribution in [3.05, 3.63) is 24.3 Å². The van der Waals surface area contributed by atoms with Gasteiger partial charge in [-0.15, -0.1) is 0 Å². The summed E-state index contributed by atoms with van der Waals surface area (Å²) in [7, 11) is 0. The maximum atomic E-state index is 6.27. The predicted molar refractivity (Wildman–Crippen MR) is 60.9 cm³/mol. The van der Waals surface area contributed by atoms with Crippen molar-refractivity contribution < 1.29 is 0 Å². The smallest absolute Gasteiger partial charge is 0.0133 e. The number of hydrogen-bond donors (Lipinski definition) is 1. The third-order valence-electron chi connectivity index (χ3n) is 4.07. The van der Waals surface area contributed by atoms with Gasteiger partial charge in [-0.3, -0.25) is 0 Å². The minimum Gasteiger partial charge on any atom is -0.327 e. The second kappa shape index (κ2) is 3.90. The van der Waals surface area contributed by atoms with Gasteiger partial charge in [0.05, 0.1) is 0 Å². The average Bonchev–Trinajstić information content (AvgIpc) is 2.24. The van der Waals surface area contributed by atoms with Crippen LogP contribution in [0.3, 0.4) is 0 Å². The van der Waals surface area contributed by atoms with Crippen LogP contribution in [-0.4, -0.2) is 6.04 Å². The molecule has 0 fully saturated rings. The van der Waals surface area contributed by atoms with Crippen molar-refractivity contribution in [2.75, 3.05) is 0 Å². The fourth-order valence-corrected chi connectivity index (χ4v) is 2.85. The Morgan fingerprint density at radius 2 is 1.93 bits per heavy atom. The van der Waals surface area contributed by atoms with Crippen LogP contribution < -0.4 is 5.73 Å². The molecule has 2 rings (SSSR count). The summed E-state index contributed by atoms with van der Waals surface area (Å²) in [5, 5.41) is 0. The normalized spacial score (nSPS) is 42.7. The quantitative estimate of drug-likeness (QED) is 0.633. The average molecular weight is 191 g/mol. The highest BCUT2D eigenvalue weighted by Gasteiger charge is 2.37. The predicted octanol–water partition coefficient (Wildman–Crippen LogP) is 3.03. The zero-order valence-corrected chi connectivity index (χ0v) is 9.08. The van der Waals surface area contributed by atoms with E-state index in [1.807, 2.05) is 0 Å². The van der Waals surface area contributed by atoms with Crippen LogP contribution in [0.4, 0.5) is 0 Å². The van der Waals surface area contributed by atoms with Crippen molar-refractivity contribution >= 4 is 0 Å². The number of hydrogen-bond acceptors (Lipinski definition) is 1. The number of nitrogens with two attached hydrogens (primary N) is 1. The lowest BCUT2D eigenvalue weighted by atomic mass is 9.64. The Morgan fingerprint density at radius 3 is 2.57 bits per heavy atom.